The molecule has 9 heteroatoms. The summed E-state index contributed by atoms with van der Waals surface area (Å²) in [7, 11) is 0. The number of nitrogens with zero attached hydrogens (tertiary/aromatic N) is 3. The van der Waals surface area contributed by atoms with Crippen molar-refractivity contribution in [2.45, 2.75) is 31.8 Å². The summed E-state index contributed by atoms with van der Waals surface area (Å²) >= 11 is 0. The Balaban J connectivity index is 1.40. The summed E-state index contributed by atoms with van der Waals surface area (Å²) in [4.78, 5) is 42.2. The lowest BCUT2D eigenvalue weighted by Crippen LogP contribution is -2.39. The van der Waals surface area contributed by atoms with Gasteiger partial charge in [0.25, 0.3) is 5.91 Å². The van der Waals surface area contributed by atoms with Crippen LogP contribution in [0.1, 0.15) is 51.7 Å². The predicted molar refractivity (Wildman–Crippen MR) is 104 cm³/mol. The van der Waals surface area contributed by atoms with Crippen LogP contribution in [0, 0.1) is 17.1 Å². The van der Waals surface area contributed by atoms with Crippen LogP contribution in [-0.2, 0) is 22.7 Å². The summed E-state index contributed by atoms with van der Waals surface area (Å²) in [5.74, 6) is -2.04. The van der Waals surface area contributed by atoms with Gasteiger partial charge in [-0.1, -0.05) is 0 Å². The van der Waals surface area contributed by atoms with Crippen LogP contribution >= 0.6 is 0 Å². The molecule has 2 aliphatic rings. The van der Waals surface area contributed by atoms with E-state index in [1.54, 1.807) is 24.3 Å². The SMILES string of the molecule is N#Cc1cc(F)c2c(c1)CN(C(=O)c1ccc3nc(C4CCC(=O)NC4=O)oc3c1)C2. The zero-order valence-corrected chi connectivity index (χ0v) is 16.1. The molecular weight excluding hydrogens is 403 g/mol. The minimum Gasteiger partial charge on any atom is -0.440 e. The van der Waals surface area contributed by atoms with Gasteiger partial charge < -0.3 is 9.32 Å². The van der Waals surface area contributed by atoms with Gasteiger partial charge in [0.2, 0.25) is 17.7 Å². The Hall–Kier alpha value is -4.06. The predicted octanol–water partition coefficient (Wildman–Crippen LogP) is 2.51. The van der Waals surface area contributed by atoms with Gasteiger partial charge in [-0.2, -0.15) is 5.26 Å². The molecule has 1 fully saturated rings. The van der Waals surface area contributed by atoms with Crippen LogP contribution in [0.4, 0.5) is 4.39 Å². The van der Waals surface area contributed by atoms with E-state index in [0.29, 0.717) is 34.2 Å². The lowest BCUT2D eigenvalue weighted by molar-refractivity contribution is -0.134. The number of oxazole rings is 1. The molecule has 1 atom stereocenters. The molecule has 3 heterocycles. The summed E-state index contributed by atoms with van der Waals surface area (Å²) < 4.78 is 20.0. The van der Waals surface area contributed by atoms with Crippen LogP contribution in [0.2, 0.25) is 0 Å². The highest BCUT2D eigenvalue weighted by Gasteiger charge is 2.32. The second kappa shape index (κ2) is 7.02. The smallest absolute Gasteiger partial charge is 0.254 e. The van der Waals surface area contributed by atoms with Crippen molar-refractivity contribution in [2.24, 2.45) is 0 Å². The maximum Gasteiger partial charge on any atom is 0.254 e. The van der Waals surface area contributed by atoms with Gasteiger partial charge >= 0.3 is 0 Å². The highest BCUT2D eigenvalue weighted by molar-refractivity contribution is 6.01. The van der Waals surface area contributed by atoms with Crippen LogP contribution < -0.4 is 5.32 Å². The fourth-order valence-corrected chi connectivity index (χ4v) is 4.01. The van der Waals surface area contributed by atoms with E-state index in [0.717, 1.165) is 0 Å². The maximum absolute atomic E-state index is 14.3. The van der Waals surface area contributed by atoms with Crippen molar-refractivity contribution in [3.63, 3.8) is 0 Å². The Bertz CT molecular complexity index is 1320. The fourth-order valence-electron chi connectivity index (χ4n) is 4.01. The molecule has 0 bridgehead atoms. The lowest BCUT2D eigenvalue weighted by atomic mass is 9.98. The molecule has 0 spiro atoms. The molecule has 1 N–H and O–H groups in total. The second-order valence-corrected chi connectivity index (χ2v) is 7.61. The summed E-state index contributed by atoms with van der Waals surface area (Å²) in [6.45, 7) is 0.318. The van der Waals surface area contributed by atoms with E-state index in [1.165, 1.54) is 11.0 Å². The molecule has 3 aromatic rings. The number of carbonyl (C=O) groups is 3. The standard InChI is InChI=1S/C22H15FN4O4/c23-16-6-11(8-24)5-13-9-27(10-15(13)16)22(30)12-1-3-17-18(7-12)31-21(25-17)14-2-4-19(28)26-20(14)29/h1,3,5-7,14H,2,4,9-10H2,(H,26,28,29). The van der Waals surface area contributed by atoms with Gasteiger partial charge in [0.1, 0.15) is 17.3 Å². The topological polar surface area (TPSA) is 116 Å². The van der Waals surface area contributed by atoms with Gasteiger partial charge in [-0.15, -0.1) is 0 Å². The first-order valence-electron chi connectivity index (χ1n) is 9.68. The van der Waals surface area contributed by atoms with Gasteiger partial charge in [0.05, 0.1) is 11.6 Å². The minimum atomic E-state index is -0.658. The molecule has 0 radical (unpaired) electrons. The molecule has 0 saturated carbocycles. The number of fused-ring (bicyclic) bond motifs is 2. The Kier molecular flexibility index (Phi) is 4.29. The third kappa shape index (κ3) is 3.22. The number of rotatable bonds is 2. The van der Waals surface area contributed by atoms with E-state index < -0.39 is 17.6 Å². The first-order chi connectivity index (χ1) is 14.9. The fraction of sp³-hybridized carbons (Fsp3) is 0.227. The molecule has 5 rings (SSSR count). The first kappa shape index (κ1) is 18.9. The normalized spacial score (nSPS) is 18.1. The molecule has 0 aliphatic carbocycles. The van der Waals surface area contributed by atoms with Crippen LogP contribution in [-0.4, -0.2) is 27.6 Å². The van der Waals surface area contributed by atoms with E-state index >= 15 is 0 Å². The largest absolute Gasteiger partial charge is 0.440 e. The molecule has 8 nitrogen and oxygen atoms in total. The van der Waals surface area contributed by atoms with Crippen molar-refractivity contribution < 1.29 is 23.2 Å². The molecule has 1 saturated heterocycles. The number of halogens is 1. The third-order valence-corrected chi connectivity index (χ3v) is 5.60. The van der Waals surface area contributed by atoms with Crippen molar-refractivity contribution in [3.05, 3.63) is 64.3 Å². The highest BCUT2D eigenvalue weighted by Crippen LogP contribution is 2.30. The summed E-state index contributed by atoms with van der Waals surface area (Å²) in [6, 6.07) is 9.45. The molecule has 31 heavy (non-hydrogen) atoms. The zero-order valence-electron chi connectivity index (χ0n) is 16.1. The number of nitrogens with one attached hydrogen (secondary N) is 1. The quantitative estimate of drug-likeness (QED) is 0.639. The first-order valence-corrected chi connectivity index (χ1v) is 9.68. The van der Waals surface area contributed by atoms with Gasteiger partial charge in [0.15, 0.2) is 5.58 Å². The second-order valence-electron chi connectivity index (χ2n) is 7.61. The van der Waals surface area contributed by atoms with Crippen molar-refractivity contribution in [1.29, 1.82) is 5.26 Å². The number of carbonyl (C=O) groups excluding carboxylic acids is 3. The molecule has 2 aliphatic heterocycles. The monoisotopic (exact) mass is 418 g/mol. The number of aromatic nitrogens is 1. The van der Waals surface area contributed by atoms with E-state index in [1.807, 2.05) is 6.07 Å². The van der Waals surface area contributed by atoms with Crippen molar-refractivity contribution in [3.8, 4) is 6.07 Å². The van der Waals surface area contributed by atoms with E-state index in [-0.39, 0.29) is 42.8 Å². The Morgan fingerprint density at radius 1 is 1.26 bits per heavy atom. The lowest BCUT2D eigenvalue weighted by Gasteiger charge is -2.17. The number of benzene rings is 2. The summed E-state index contributed by atoms with van der Waals surface area (Å²) in [5.41, 5.74) is 2.42. The molecular formula is C22H15FN4O4. The van der Waals surface area contributed by atoms with Crippen LogP contribution in [0.15, 0.2) is 34.7 Å². The Morgan fingerprint density at radius 3 is 2.87 bits per heavy atom. The molecule has 2 aromatic carbocycles. The number of amides is 3. The average Bonchev–Trinajstić information content (AvgIpc) is 3.36. The Labute approximate surface area is 175 Å². The summed E-state index contributed by atoms with van der Waals surface area (Å²) in [5, 5.41) is 11.3. The number of piperidine rings is 1. The number of hydrogen-bond donors (Lipinski definition) is 1. The van der Waals surface area contributed by atoms with Gasteiger partial charge in [-0.25, -0.2) is 9.37 Å². The zero-order chi connectivity index (χ0) is 21.7. The molecule has 3 amide bonds. The van der Waals surface area contributed by atoms with Crippen molar-refractivity contribution in [1.82, 2.24) is 15.2 Å². The van der Waals surface area contributed by atoms with Crippen LogP contribution in [0.25, 0.3) is 11.1 Å². The summed E-state index contributed by atoms with van der Waals surface area (Å²) in [6.07, 6.45) is 0.518. The highest BCUT2D eigenvalue weighted by atomic mass is 19.1. The van der Waals surface area contributed by atoms with Crippen LogP contribution in [0.3, 0.4) is 0 Å². The van der Waals surface area contributed by atoms with Crippen molar-refractivity contribution >= 4 is 28.8 Å². The number of nitriles is 1. The van der Waals surface area contributed by atoms with E-state index in [9.17, 15) is 18.8 Å². The van der Waals surface area contributed by atoms with Gasteiger partial charge in [0, 0.05) is 30.6 Å². The van der Waals surface area contributed by atoms with Crippen LogP contribution in [0.5, 0.6) is 0 Å². The molecule has 154 valence electrons. The minimum absolute atomic E-state index is 0.113. The molecule has 1 unspecified atom stereocenters. The third-order valence-electron chi connectivity index (χ3n) is 5.60. The van der Waals surface area contributed by atoms with E-state index in [2.05, 4.69) is 10.3 Å². The molecule has 1 aromatic heterocycles. The average molecular weight is 418 g/mol. The van der Waals surface area contributed by atoms with E-state index in [4.69, 9.17) is 9.68 Å². The van der Waals surface area contributed by atoms with Gasteiger partial charge in [-0.05, 0) is 42.3 Å². The number of imide groups is 1. The maximum atomic E-state index is 14.3. The van der Waals surface area contributed by atoms with Gasteiger partial charge in [-0.3, -0.25) is 19.7 Å². The van der Waals surface area contributed by atoms with Crippen molar-refractivity contribution in [2.75, 3.05) is 0 Å². The number of hydrogen-bond acceptors (Lipinski definition) is 6. The Morgan fingerprint density at radius 2 is 2.10 bits per heavy atom.